The van der Waals surface area contributed by atoms with E-state index in [2.05, 4.69) is 0 Å². The van der Waals surface area contributed by atoms with Crippen molar-refractivity contribution >= 4 is 12.4 Å². The van der Waals surface area contributed by atoms with Gasteiger partial charge in [0, 0.05) is 14.2 Å². The maximum Gasteiger partial charge on any atom is 0.410 e. The zero-order chi connectivity index (χ0) is 19.0. The van der Waals surface area contributed by atoms with E-state index in [4.69, 9.17) is 18.9 Å². The molecule has 2 rings (SSSR count). The van der Waals surface area contributed by atoms with E-state index in [0.29, 0.717) is 6.54 Å². The van der Waals surface area contributed by atoms with Gasteiger partial charge in [-0.2, -0.15) is 0 Å². The van der Waals surface area contributed by atoms with Crippen molar-refractivity contribution in [3.63, 3.8) is 0 Å². The minimum absolute atomic E-state index is 0.296. The highest BCUT2D eigenvalue weighted by Crippen LogP contribution is 2.53. The standard InChI is InChI=1S/C18H31NO6/c1-16(2,3)25-15(21)19-10-13(24-17(4,5)23-7)14(22-6)12(11-20)18(19)8-9-18/h11-14H,8-10H2,1-7H3/t12-,13-,14-/m1/s1. The summed E-state index contributed by atoms with van der Waals surface area (Å²) in [7, 11) is 3.12. The number of hydrogen-bond acceptors (Lipinski definition) is 6. The van der Waals surface area contributed by atoms with Crippen molar-refractivity contribution < 1.29 is 28.5 Å². The normalized spacial score (nSPS) is 28.8. The van der Waals surface area contributed by atoms with Crippen LogP contribution in [-0.2, 0) is 23.7 Å². The first-order chi connectivity index (χ1) is 11.5. The van der Waals surface area contributed by atoms with Crippen LogP contribution in [0.5, 0.6) is 0 Å². The number of aldehydes is 1. The van der Waals surface area contributed by atoms with Gasteiger partial charge in [0.15, 0.2) is 5.79 Å². The second kappa shape index (κ2) is 6.85. The third-order valence-electron chi connectivity index (χ3n) is 4.96. The van der Waals surface area contributed by atoms with Gasteiger partial charge in [-0.15, -0.1) is 0 Å². The van der Waals surface area contributed by atoms with Gasteiger partial charge in [-0.1, -0.05) is 0 Å². The fourth-order valence-corrected chi connectivity index (χ4v) is 3.51. The molecule has 1 saturated heterocycles. The van der Waals surface area contributed by atoms with Crippen molar-refractivity contribution in [2.24, 2.45) is 5.92 Å². The molecule has 0 unspecified atom stereocenters. The van der Waals surface area contributed by atoms with Gasteiger partial charge in [0.2, 0.25) is 0 Å². The summed E-state index contributed by atoms with van der Waals surface area (Å²) >= 11 is 0. The lowest BCUT2D eigenvalue weighted by Gasteiger charge is -2.48. The third kappa shape index (κ3) is 4.15. The highest BCUT2D eigenvalue weighted by atomic mass is 16.7. The number of nitrogens with zero attached hydrogens (tertiary/aromatic N) is 1. The van der Waals surface area contributed by atoms with Gasteiger partial charge in [-0.3, -0.25) is 4.90 Å². The molecule has 1 saturated carbocycles. The number of carbonyl (C=O) groups excluding carboxylic acids is 2. The Hall–Kier alpha value is -1.18. The van der Waals surface area contributed by atoms with Crippen molar-refractivity contribution in [3.05, 3.63) is 0 Å². The first kappa shape index (κ1) is 20.1. The smallest absolute Gasteiger partial charge is 0.410 e. The predicted octanol–water partition coefficient (Wildman–Crippen LogP) is 2.37. The second-order valence-corrected chi connectivity index (χ2v) is 8.32. The number of amides is 1. The number of methoxy groups -OCH3 is 2. The molecule has 7 nitrogen and oxygen atoms in total. The lowest BCUT2D eigenvalue weighted by atomic mass is 9.83. The van der Waals surface area contributed by atoms with Crippen LogP contribution in [0.25, 0.3) is 0 Å². The van der Waals surface area contributed by atoms with Crippen LogP contribution in [-0.4, -0.2) is 67.2 Å². The Labute approximate surface area is 149 Å². The summed E-state index contributed by atoms with van der Waals surface area (Å²) in [5, 5.41) is 0. The van der Waals surface area contributed by atoms with Gasteiger partial charge in [0.1, 0.15) is 18.0 Å². The maximum absolute atomic E-state index is 12.8. The van der Waals surface area contributed by atoms with Gasteiger partial charge in [-0.05, 0) is 47.5 Å². The van der Waals surface area contributed by atoms with E-state index < -0.39 is 41.1 Å². The van der Waals surface area contributed by atoms with Gasteiger partial charge in [-0.25, -0.2) is 4.79 Å². The maximum atomic E-state index is 12.8. The van der Waals surface area contributed by atoms with Crippen LogP contribution < -0.4 is 0 Å². The predicted molar refractivity (Wildman–Crippen MR) is 91.2 cm³/mol. The van der Waals surface area contributed by atoms with Crippen LogP contribution in [0.15, 0.2) is 0 Å². The number of ether oxygens (including phenoxy) is 4. The molecule has 1 spiro atoms. The van der Waals surface area contributed by atoms with Gasteiger partial charge >= 0.3 is 6.09 Å². The Balaban J connectivity index is 2.30. The van der Waals surface area contributed by atoms with E-state index in [0.717, 1.165) is 19.1 Å². The number of rotatable bonds is 5. The molecule has 0 aromatic rings. The molecule has 0 N–H and O–H groups in total. The van der Waals surface area contributed by atoms with Crippen LogP contribution >= 0.6 is 0 Å². The molecule has 144 valence electrons. The fourth-order valence-electron chi connectivity index (χ4n) is 3.51. The molecule has 0 radical (unpaired) electrons. The van der Waals surface area contributed by atoms with Crippen LogP contribution in [0.2, 0.25) is 0 Å². The molecule has 0 aromatic heterocycles. The molecule has 2 fully saturated rings. The van der Waals surface area contributed by atoms with Crippen LogP contribution in [0.3, 0.4) is 0 Å². The summed E-state index contributed by atoms with van der Waals surface area (Å²) in [4.78, 5) is 26.3. The van der Waals surface area contributed by atoms with E-state index in [1.165, 1.54) is 0 Å². The molecular formula is C18H31NO6. The van der Waals surface area contributed by atoms with Gasteiger partial charge < -0.3 is 23.7 Å². The van der Waals surface area contributed by atoms with E-state index >= 15 is 0 Å². The van der Waals surface area contributed by atoms with Crippen LogP contribution in [0, 0.1) is 5.92 Å². The Bertz CT molecular complexity index is 508. The summed E-state index contributed by atoms with van der Waals surface area (Å²) in [5.74, 6) is -1.32. The van der Waals surface area contributed by atoms with E-state index in [-0.39, 0.29) is 0 Å². The summed E-state index contributed by atoms with van der Waals surface area (Å²) in [6.07, 6.45) is 1.05. The minimum Gasteiger partial charge on any atom is -0.444 e. The molecule has 3 atom stereocenters. The van der Waals surface area contributed by atoms with E-state index in [1.54, 1.807) is 33.0 Å². The number of hydrogen-bond donors (Lipinski definition) is 0. The molecule has 0 aromatic carbocycles. The van der Waals surface area contributed by atoms with Crippen molar-refractivity contribution in [1.82, 2.24) is 4.90 Å². The SMILES string of the molecule is CO[C@@H]1[C@@H](C=O)C2(CC2)N(C(=O)OC(C)(C)C)C[C@H]1OC(C)(C)OC. The quantitative estimate of drug-likeness (QED) is 0.555. The summed E-state index contributed by atoms with van der Waals surface area (Å²) in [6, 6.07) is 0. The Morgan fingerprint density at radius 2 is 1.76 bits per heavy atom. The number of carbonyl (C=O) groups is 2. The monoisotopic (exact) mass is 357 g/mol. The summed E-state index contributed by atoms with van der Waals surface area (Å²) in [5.41, 5.74) is -1.13. The van der Waals surface area contributed by atoms with Crippen LogP contribution in [0.1, 0.15) is 47.5 Å². The molecule has 1 aliphatic heterocycles. The van der Waals surface area contributed by atoms with Crippen molar-refractivity contribution in [2.45, 2.75) is 76.6 Å². The van der Waals surface area contributed by atoms with Crippen molar-refractivity contribution in [3.8, 4) is 0 Å². The topological polar surface area (TPSA) is 74.3 Å². The molecule has 2 aliphatic rings. The lowest BCUT2D eigenvalue weighted by molar-refractivity contribution is -0.260. The Morgan fingerprint density at radius 1 is 1.16 bits per heavy atom. The molecule has 1 aliphatic carbocycles. The zero-order valence-corrected chi connectivity index (χ0v) is 16.3. The van der Waals surface area contributed by atoms with E-state index in [9.17, 15) is 9.59 Å². The summed E-state index contributed by atoms with van der Waals surface area (Å²) < 4.78 is 22.6. The molecular weight excluding hydrogens is 326 g/mol. The zero-order valence-electron chi connectivity index (χ0n) is 16.3. The first-order valence-electron chi connectivity index (χ1n) is 8.71. The highest BCUT2D eigenvalue weighted by Gasteiger charge is 2.64. The Morgan fingerprint density at radius 3 is 2.16 bits per heavy atom. The fraction of sp³-hybridized carbons (Fsp3) is 0.889. The lowest BCUT2D eigenvalue weighted by Crippen LogP contribution is -2.64. The second-order valence-electron chi connectivity index (χ2n) is 8.32. The average Bonchev–Trinajstić information content (AvgIpc) is 3.27. The minimum atomic E-state index is -0.859. The van der Waals surface area contributed by atoms with Gasteiger partial charge in [0.05, 0.1) is 24.1 Å². The molecule has 1 amide bonds. The average molecular weight is 357 g/mol. The first-order valence-corrected chi connectivity index (χ1v) is 8.71. The van der Waals surface area contributed by atoms with Gasteiger partial charge in [0.25, 0.3) is 0 Å². The molecule has 1 heterocycles. The summed E-state index contributed by atoms with van der Waals surface area (Å²) in [6.45, 7) is 9.34. The van der Waals surface area contributed by atoms with Crippen molar-refractivity contribution in [1.29, 1.82) is 0 Å². The number of likely N-dealkylation sites (tertiary alicyclic amines) is 1. The van der Waals surface area contributed by atoms with Crippen molar-refractivity contribution in [2.75, 3.05) is 20.8 Å². The highest BCUT2D eigenvalue weighted by molar-refractivity contribution is 5.73. The molecule has 7 heteroatoms. The van der Waals surface area contributed by atoms with Crippen LogP contribution in [0.4, 0.5) is 4.79 Å². The molecule has 25 heavy (non-hydrogen) atoms. The molecule has 0 bridgehead atoms. The number of piperidine rings is 1. The Kier molecular flexibility index (Phi) is 5.52. The van der Waals surface area contributed by atoms with E-state index in [1.807, 2.05) is 20.8 Å². The third-order valence-corrected chi connectivity index (χ3v) is 4.96. The largest absolute Gasteiger partial charge is 0.444 e.